The molecule has 1 atom stereocenters. The molecule has 0 saturated heterocycles. The van der Waals surface area contributed by atoms with Gasteiger partial charge in [0.05, 0.1) is 5.69 Å². The molecule has 1 fully saturated rings. The van der Waals surface area contributed by atoms with E-state index in [1.165, 1.54) is 4.90 Å². The van der Waals surface area contributed by atoms with Gasteiger partial charge in [0, 0.05) is 34.4 Å². The van der Waals surface area contributed by atoms with Gasteiger partial charge in [-0.25, -0.2) is 0 Å². The molecule has 2 heterocycles. The fourth-order valence-corrected chi connectivity index (χ4v) is 5.75. The average molecular weight is 517 g/mol. The van der Waals surface area contributed by atoms with Crippen LogP contribution in [0, 0.1) is 6.92 Å². The molecule has 0 spiro atoms. The van der Waals surface area contributed by atoms with Crippen LogP contribution in [0.5, 0.6) is 0 Å². The molecular formula is C27H28N6O3S. The summed E-state index contributed by atoms with van der Waals surface area (Å²) in [5.41, 5.74) is 14.2. The van der Waals surface area contributed by atoms with Gasteiger partial charge in [-0.15, -0.1) is 0 Å². The van der Waals surface area contributed by atoms with Crippen molar-refractivity contribution in [2.45, 2.75) is 44.7 Å². The van der Waals surface area contributed by atoms with Crippen molar-refractivity contribution < 1.29 is 14.4 Å². The summed E-state index contributed by atoms with van der Waals surface area (Å²) in [6.45, 7) is 1.88. The van der Waals surface area contributed by atoms with E-state index in [2.05, 4.69) is 14.7 Å². The van der Waals surface area contributed by atoms with E-state index >= 15 is 0 Å². The molecule has 5 rings (SSSR count). The second kappa shape index (κ2) is 10.1. The number of nitrogen functional groups attached to an aromatic ring is 1. The number of fused-ring (bicyclic) bond motifs is 1. The Kier molecular flexibility index (Phi) is 6.66. The van der Waals surface area contributed by atoms with Gasteiger partial charge in [-0.1, -0.05) is 49.2 Å². The van der Waals surface area contributed by atoms with Gasteiger partial charge in [-0.2, -0.15) is 4.37 Å². The first-order valence-electron chi connectivity index (χ1n) is 12.2. The molecule has 6 N–H and O–H groups in total. The van der Waals surface area contributed by atoms with Gasteiger partial charge in [0.2, 0.25) is 5.91 Å². The number of nitrogens with two attached hydrogens (primary N) is 2. The minimum atomic E-state index is -1.01. The smallest absolute Gasteiger partial charge is 0.273 e. The van der Waals surface area contributed by atoms with Crippen LogP contribution in [0.3, 0.4) is 0 Å². The average Bonchev–Trinajstić information content (AvgIpc) is 3.63. The molecule has 9 nitrogen and oxygen atoms in total. The number of nitrogens with zero attached hydrogens (tertiary/aromatic N) is 2. The Hall–Kier alpha value is -4.18. The number of primary amides is 1. The van der Waals surface area contributed by atoms with Crippen molar-refractivity contribution in [2.75, 3.05) is 10.6 Å². The van der Waals surface area contributed by atoms with Crippen LogP contribution in [-0.2, 0) is 4.79 Å². The molecule has 4 aromatic rings. The second-order valence-electron chi connectivity index (χ2n) is 9.28. The van der Waals surface area contributed by atoms with Crippen molar-refractivity contribution >= 4 is 51.5 Å². The van der Waals surface area contributed by atoms with Crippen LogP contribution in [-0.4, -0.2) is 33.1 Å². The van der Waals surface area contributed by atoms with Gasteiger partial charge in [0.25, 0.3) is 11.8 Å². The molecular weight excluding hydrogens is 488 g/mol. The van der Waals surface area contributed by atoms with Crippen LogP contribution in [0.2, 0.25) is 0 Å². The van der Waals surface area contributed by atoms with E-state index in [9.17, 15) is 14.4 Å². The van der Waals surface area contributed by atoms with Gasteiger partial charge < -0.3 is 21.8 Å². The van der Waals surface area contributed by atoms with Gasteiger partial charge in [0.1, 0.15) is 10.9 Å². The Labute approximate surface area is 218 Å². The first-order valence-corrected chi connectivity index (χ1v) is 12.9. The zero-order valence-electron chi connectivity index (χ0n) is 20.4. The maximum Gasteiger partial charge on any atom is 0.273 e. The maximum atomic E-state index is 14.2. The lowest BCUT2D eigenvalue weighted by Crippen LogP contribution is -2.46. The maximum absolute atomic E-state index is 14.2. The number of hydrogen-bond donors (Lipinski definition) is 4. The number of anilines is 2. The Morgan fingerprint density at radius 1 is 1.11 bits per heavy atom. The SMILES string of the molecule is Cc1ccccc1N(C(=O)c1snc(C(N)=O)c1N)[C@@H](C(=O)NC1CCCC1)c1c[nH]c2ccccc12. The number of aromatic amines is 1. The molecule has 2 aromatic carbocycles. The Morgan fingerprint density at radius 2 is 1.81 bits per heavy atom. The first kappa shape index (κ1) is 24.5. The molecule has 37 heavy (non-hydrogen) atoms. The van der Waals surface area contributed by atoms with E-state index in [0.29, 0.717) is 11.3 Å². The van der Waals surface area contributed by atoms with Gasteiger partial charge in [0.15, 0.2) is 5.69 Å². The lowest BCUT2D eigenvalue weighted by Gasteiger charge is -2.32. The van der Waals surface area contributed by atoms with Gasteiger partial charge in [-0.05, 0) is 49.0 Å². The Bertz CT molecular complexity index is 1490. The number of aromatic nitrogens is 2. The summed E-state index contributed by atoms with van der Waals surface area (Å²) in [4.78, 5) is 44.9. The van der Waals surface area contributed by atoms with Crippen molar-refractivity contribution in [3.63, 3.8) is 0 Å². The van der Waals surface area contributed by atoms with Crippen LogP contribution in [0.4, 0.5) is 11.4 Å². The summed E-state index contributed by atoms with van der Waals surface area (Å²) in [5, 5.41) is 4.01. The summed E-state index contributed by atoms with van der Waals surface area (Å²) in [7, 11) is 0. The van der Waals surface area contributed by atoms with Crippen LogP contribution < -0.4 is 21.7 Å². The van der Waals surface area contributed by atoms with Gasteiger partial charge >= 0.3 is 0 Å². The molecule has 1 aliphatic carbocycles. The molecule has 0 aliphatic heterocycles. The first-order chi connectivity index (χ1) is 17.9. The molecule has 0 unspecified atom stereocenters. The molecule has 2 aromatic heterocycles. The molecule has 190 valence electrons. The fraction of sp³-hybridized carbons (Fsp3) is 0.259. The quantitative estimate of drug-likeness (QED) is 0.292. The highest BCUT2D eigenvalue weighted by molar-refractivity contribution is 7.09. The van der Waals surface area contributed by atoms with Crippen LogP contribution in [0.1, 0.15) is 63.0 Å². The summed E-state index contributed by atoms with van der Waals surface area (Å²) in [5.74, 6) is -1.64. The number of benzene rings is 2. The number of para-hydroxylation sites is 2. The summed E-state index contributed by atoms with van der Waals surface area (Å²) in [6.07, 6.45) is 5.67. The second-order valence-corrected chi connectivity index (χ2v) is 10.1. The van der Waals surface area contributed by atoms with Crippen LogP contribution in [0.15, 0.2) is 54.7 Å². The monoisotopic (exact) mass is 516 g/mol. The Balaban J connectivity index is 1.70. The number of carbonyl (C=O) groups excluding carboxylic acids is 3. The molecule has 0 bridgehead atoms. The third-order valence-corrected chi connectivity index (χ3v) is 7.72. The molecule has 1 aliphatic rings. The third kappa shape index (κ3) is 4.55. The normalized spacial score (nSPS) is 14.5. The minimum absolute atomic E-state index is 0.0453. The predicted molar refractivity (Wildman–Crippen MR) is 144 cm³/mol. The van der Waals surface area contributed by atoms with Gasteiger partial charge in [-0.3, -0.25) is 19.3 Å². The summed E-state index contributed by atoms with van der Waals surface area (Å²) < 4.78 is 4.02. The topological polar surface area (TPSA) is 147 Å². The number of amides is 3. The summed E-state index contributed by atoms with van der Waals surface area (Å²) in [6, 6.07) is 14.0. The zero-order valence-corrected chi connectivity index (χ0v) is 21.2. The highest BCUT2D eigenvalue weighted by Gasteiger charge is 2.38. The largest absolute Gasteiger partial charge is 0.395 e. The van der Waals surface area contributed by atoms with E-state index in [4.69, 9.17) is 11.5 Å². The van der Waals surface area contributed by atoms with Crippen molar-refractivity contribution in [3.8, 4) is 0 Å². The van der Waals surface area contributed by atoms with E-state index in [0.717, 1.165) is 53.7 Å². The lowest BCUT2D eigenvalue weighted by molar-refractivity contribution is -0.123. The van der Waals surface area contributed by atoms with E-state index < -0.39 is 17.9 Å². The number of aryl methyl sites for hydroxylation is 1. The predicted octanol–water partition coefficient (Wildman–Crippen LogP) is 4.06. The van der Waals surface area contributed by atoms with Crippen LogP contribution >= 0.6 is 11.5 Å². The highest BCUT2D eigenvalue weighted by Crippen LogP contribution is 2.37. The van der Waals surface area contributed by atoms with Crippen molar-refractivity contribution in [1.82, 2.24) is 14.7 Å². The van der Waals surface area contributed by atoms with Crippen molar-refractivity contribution in [3.05, 3.63) is 76.4 Å². The number of hydrogen-bond acceptors (Lipinski definition) is 6. The van der Waals surface area contributed by atoms with E-state index in [-0.39, 0.29) is 28.2 Å². The van der Waals surface area contributed by atoms with Crippen molar-refractivity contribution in [1.29, 1.82) is 0 Å². The summed E-state index contributed by atoms with van der Waals surface area (Å²) >= 11 is 0.798. The number of nitrogens with one attached hydrogen (secondary N) is 2. The third-order valence-electron chi connectivity index (χ3n) is 6.87. The van der Waals surface area contributed by atoms with Crippen LogP contribution in [0.25, 0.3) is 10.9 Å². The zero-order chi connectivity index (χ0) is 26.1. The van der Waals surface area contributed by atoms with E-state index in [1.807, 2.05) is 49.4 Å². The molecule has 1 saturated carbocycles. The standard InChI is InChI=1S/C27H28N6O3S/c1-15-8-2-7-13-20(15)33(27(36)24-21(28)22(25(29)34)32-37-24)23(26(35)31-16-9-3-4-10-16)18-14-30-19-12-6-5-11-17(18)19/h2,5-8,11-14,16,23,30H,3-4,9-10,28H2,1H3,(H2,29,34)(H,31,35)/t23-/m1/s1. The number of rotatable bonds is 7. The Morgan fingerprint density at radius 3 is 2.51 bits per heavy atom. The number of carbonyl (C=O) groups is 3. The van der Waals surface area contributed by atoms with Crippen molar-refractivity contribution in [2.24, 2.45) is 5.73 Å². The molecule has 3 amide bonds. The minimum Gasteiger partial charge on any atom is -0.395 e. The molecule has 0 radical (unpaired) electrons. The van der Waals surface area contributed by atoms with E-state index in [1.54, 1.807) is 12.3 Å². The lowest BCUT2D eigenvalue weighted by atomic mass is 10.00. The highest BCUT2D eigenvalue weighted by atomic mass is 32.1. The molecule has 10 heteroatoms. The number of H-pyrrole nitrogens is 1. The fourth-order valence-electron chi connectivity index (χ4n) is 5.01.